The van der Waals surface area contributed by atoms with Crippen molar-refractivity contribution < 1.29 is 19.1 Å². The van der Waals surface area contributed by atoms with Crippen LogP contribution >= 0.6 is 0 Å². The van der Waals surface area contributed by atoms with Gasteiger partial charge in [0.2, 0.25) is 6.79 Å². The molecular formula is C27H25N3O4. The molecular weight excluding hydrogens is 430 g/mol. The monoisotopic (exact) mass is 455 g/mol. The van der Waals surface area contributed by atoms with E-state index in [1.54, 1.807) is 12.1 Å². The summed E-state index contributed by atoms with van der Waals surface area (Å²) in [6.07, 6.45) is 2.17. The van der Waals surface area contributed by atoms with E-state index in [0.717, 1.165) is 34.7 Å². The lowest BCUT2D eigenvalue weighted by Crippen LogP contribution is -2.34. The number of fused-ring (bicyclic) bond motifs is 2. The molecule has 0 spiro atoms. The summed E-state index contributed by atoms with van der Waals surface area (Å²) >= 11 is 0. The molecule has 2 aliphatic heterocycles. The third kappa shape index (κ3) is 3.94. The second-order valence-corrected chi connectivity index (χ2v) is 8.98. The van der Waals surface area contributed by atoms with E-state index in [1.807, 2.05) is 59.5 Å². The van der Waals surface area contributed by atoms with Crippen LogP contribution in [0.2, 0.25) is 0 Å². The zero-order valence-electron chi connectivity index (χ0n) is 18.6. The lowest BCUT2D eigenvalue weighted by molar-refractivity contribution is 0.0734. The highest BCUT2D eigenvalue weighted by Gasteiger charge is 2.39. The number of carbonyl (C=O) groups is 2. The molecule has 1 saturated carbocycles. The molecule has 2 amide bonds. The largest absolute Gasteiger partial charge is 0.454 e. The third-order valence-corrected chi connectivity index (χ3v) is 6.55. The van der Waals surface area contributed by atoms with Gasteiger partial charge in [0.1, 0.15) is 6.17 Å². The predicted molar refractivity (Wildman–Crippen MR) is 127 cm³/mol. The molecule has 0 aromatic heterocycles. The Balaban J connectivity index is 1.12. The lowest BCUT2D eigenvalue weighted by Gasteiger charge is -2.27. The summed E-state index contributed by atoms with van der Waals surface area (Å²) in [7, 11) is 0. The highest BCUT2D eigenvalue weighted by molar-refractivity contribution is 5.99. The molecule has 172 valence electrons. The molecule has 6 rings (SSSR count). The van der Waals surface area contributed by atoms with Crippen LogP contribution in [0.15, 0.2) is 66.7 Å². The van der Waals surface area contributed by atoms with Crippen molar-refractivity contribution in [1.29, 1.82) is 0 Å². The molecule has 1 atom stereocenters. The molecule has 1 aliphatic carbocycles. The summed E-state index contributed by atoms with van der Waals surface area (Å²) in [6.45, 7) is 1.39. The Morgan fingerprint density at radius 3 is 2.59 bits per heavy atom. The fourth-order valence-electron chi connectivity index (χ4n) is 4.50. The molecule has 0 bridgehead atoms. The number of anilines is 1. The minimum Gasteiger partial charge on any atom is -0.454 e. The molecule has 3 aliphatic rings. The van der Waals surface area contributed by atoms with E-state index in [1.165, 1.54) is 12.8 Å². The normalized spacial score (nSPS) is 18.1. The number of carbonyl (C=O) groups excluding carboxylic acids is 2. The maximum atomic E-state index is 13.0. The quantitative estimate of drug-likeness (QED) is 0.555. The average molecular weight is 456 g/mol. The minimum absolute atomic E-state index is 0.0829. The zero-order valence-corrected chi connectivity index (χ0v) is 18.6. The lowest BCUT2D eigenvalue weighted by atomic mass is 10.1. The summed E-state index contributed by atoms with van der Waals surface area (Å²) < 4.78 is 10.7. The molecule has 3 aromatic rings. The number of rotatable bonds is 7. The van der Waals surface area contributed by atoms with Gasteiger partial charge in [-0.05, 0) is 66.8 Å². The number of ether oxygens (including phenoxy) is 2. The average Bonchev–Trinajstić information content (AvgIpc) is 3.51. The van der Waals surface area contributed by atoms with Crippen LogP contribution in [-0.2, 0) is 6.54 Å². The van der Waals surface area contributed by atoms with Crippen LogP contribution in [0.3, 0.4) is 0 Å². The zero-order chi connectivity index (χ0) is 23.1. The number of nitrogens with one attached hydrogen (secondary N) is 2. The standard InChI is InChI=1S/C27H25N3O4/c31-26(28-14-18-7-12-23-24(13-18)34-16-33-23)19-8-10-20(11-9-19)29-25-21-3-1-2-4-22(21)27(32)30(25)15-17-5-6-17/h1-4,7-13,17,25,29H,5-6,14-16H2,(H,28,31). The predicted octanol–water partition coefficient (Wildman–Crippen LogP) is 4.32. The van der Waals surface area contributed by atoms with Crippen molar-refractivity contribution in [1.82, 2.24) is 10.2 Å². The third-order valence-electron chi connectivity index (χ3n) is 6.55. The van der Waals surface area contributed by atoms with Crippen LogP contribution in [0, 0.1) is 5.92 Å². The van der Waals surface area contributed by atoms with E-state index in [9.17, 15) is 9.59 Å². The molecule has 0 radical (unpaired) electrons. The first-order chi connectivity index (χ1) is 16.7. The van der Waals surface area contributed by atoms with Gasteiger partial charge in [-0.1, -0.05) is 24.3 Å². The summed E-state index contributed by atoms with van der Waals surface area (Å²) in [5, 5.41) is 6.45. The molecule has 1 unspecified atom stereocenters. The first-order valence-electron chi connectivity index (χ1n) is 11.6. The Labute approximate surface area is 197 Å². The van der Waals surface area contributed by atoms with Gasteiger partial charge in [0.25, 0.3) is 11.8 Å². The second kappa shape index (κ2) is 8.41. The molecule has 7 heteroatoms. The van der Waals surface area contributed by atoms with Gasteiger partial charge < -0.3 is 25.0 Å². The molecule has 7 nitrogen and oxygen atoms in total. The Morgan fingerprint density at radius 1 is 0.971 bits per heavy atom. The van der Waals surface area contributed by atoms with Gasteiger partial charge in [-0.15, -0.1) is 0 Å². The topological polar surface area (TPSA) is 79.9 Å². The van der Waals surface area contributed by atoms with Crippen LogP contribution < -0.4 is 20.1 Å². The molecule has 3 aromatic carbocycles. The van der Waals surface area contributed by atoms with Gasteiger partial charge >= 0.3 is 0 Å². The maximum absolute atomic E-state index is 13.0. The number of hydrogen-bond donors (Lipinski definition) is 2. The van der Waals surface area contributed by atoms with Crippen LogP contribution in [0.1, 0.15) is 50.9 Å². The van der Waals surface area contributed by atoms with Gasteiger partial charge in [-0.3, -0.25) is 9.59 Å². The fraction of sp³-hybridized carbons (Fsp3) is 0.259. The van der Waals surface area contributed by atoms with Gasteiger partial charge in [0.15, 0.2) is 11.5 Å². The van der Waals surface area contributed by atoms with Crippen LogP contribution in [0.4, 0.5) is 5.69 Å². The van der Waals surface area contributed by atoms with E-state index in [-0.39, 0.29) is 24.8 Å². The van der Waals surface area contributed by atoms with Crippen LogP contribution in [0.25, 0.3) is 0 Å². The SMILES string of the molecule is O=C(NCc1ccc2c(c1)OCO2)c1ccc(NC2c3ccccc3C(=O)N2CC2CC2)cc1. The van der Waals surface area contributed by atoms with Crippen molar-refractivity contribution in [2.45, 2.75) is 25.6 Å². The van der Waals surface area contributed by atoms with Gasteiger partial charge in [-0.25, -0.2) is 0 Å². The molecule has 34 heavy (non-hydrogen) atoms. The van der Waals surface area contributed by atoms with Crippen LogP contribution in [-0.4, -0.2) is 30.1 Å². The van der Waals surface area contributed by atoms with Crippen molar-refractivity contribution in [3.63, 3.8) is 0 Å². The first kappa shape index (κ1) is 20.6. The first-order valence-corrected chi connectivity index (χ1v) is 11.6. The van der Waals surface area contributed by atoms with Crippen molar-refractivity contribution >= 4 is 17.5 Å². The number of hydrogen-bond acceptors (Lipinski definition) is 5. The van der Waals surface area contributed by atoms with E-state index < -0.39 is 0 Å². The van der Waals surface area contributed by atoms with E-state index in [2.05, 4.69) is 10.6 Å². The summed E-state index contributed by atoms with van der Waals surface area (Å²) in [5.74, 6) is 1.95. The molecule has 2 N–H and O–H groups in total. The summed E-state index contributed by atoms with van der Waals surface area (Å²) in [4.78, 5) is 27.6. The van der Waals surface area contributed by atoms with E-state index in [4.69, 9.17) is 9.47 Å². The number of amides is 2. The smallest absolute Gasteiger partial charge is 0.256 e. The summed E-state index contributed by atoms with van der Waals surface area (Å²) in [5.41, 5.74) is 4.14. The van der Waals surface area contributed by atoms with Crippen molar-refractivity contribution in [3.8, 4) is 11.5 Å². The summed E-state index contributed by atoms with van der Waals surface area (Å²) in [6, 6.07) is 20.8. The van der Waals surface area contributed by atoms with Crippen LogP contribution in [0.5, 0.6) is 11.5 Å². The van der Waals surface area contributed by atoms with Crippen molar-refractivity contribution in [2.24, 2.45) is 5.92 Å². The van der Waals surface area contributed by atoms with Gasteiger partial charge in [-0.2, -0.15) is 0 Å². The van der Waals surface area contributed by atoms with Gasteiger partial charge in [0.05, 0.1) is 0 Å². The van der Waals surface area contributed by atoms with E-state index in [0.29, 0.717) is 23.8 Å². The Morgan fingerprint density at radius 2 is 1.76 bits per heavy atom. The Kier molecular flexibility index (Phi) is 5.09. The molecule has 1 fully saturated rings. The van der Waals surface area contributed by atoms with Gasteiger partial charge in [0, 0.05) is 35.5 Å². The molecule has 0 saturated heterocycles. The highest BCUT2D eigenvalue weighted by atomic mass is 16.7. The van der Waals surface area contributed by atoms with E-state index >= 15 is 0 Å². The highest BCUT2D eigenvalue weighted by Crippen LogP contribution is 2.39. The Hall–Kier alpha value is -4.00. The number of benzene rings is 3. The maximum Gasteiger partial charge on any atom is 0.256 e. The Bertz CT molecular complexity index is 1250. The van der Waals surface area contributed by atoms with Crippen molar-refractivity contribution in [3.05, 3.63) is 89.0 Å². The fourth-order valence-corrected chi connectivity index (χ4v) is 4.50. The number of nitrogens with zero attached hydrogens (tertiary/aromatic N) is 1. The molecule has 2 heterocycles. The minimum atomic E-state index is -0.199. The second-order valence-electron chi connectivity index (χ2n) is 8.98. The van der Waals surface area contributed by atoms with Crippen molar-refractivity contribution in [2.75, 3.05) is 18.7 Å².